The lowest BCUT2D eigenvalue weighted by Crippen LogP contribution is -2.08. The molecule has 0 saturated heterocycles. The molecule has 158 valence electrons. The van der Waals surface area contributed by atoms with E-state index in [9.17, 15) is 0 Å². The van der Waals surface area contributed by atoms with Gasteiger partial charge >= 0.3 is 0 Å². The Balaban J connectivity index is 1.39. The summed E-state index contributed by atoms with van der Waals surface area (Å²) in [4.78, 5) is 0. The fourth-order valence-corrected chi connectivity index (χ4v) is 6.94. The lowest BCUT2D eigenvalue weighted by Gasteiger charge is -2.22. The fourth-order valence-electron chi connectivity index (χ4n) is 6.94. The third kappa shape index (κ3) is 2.02. The normalized spacial score (nSPS) is 14.1. The van der Waals surface area contributed by atoms with Crippen LogP contribution >= 0.6 is 0 Å². The number of rotatable bonds is 0. The first kappa shape index (κ1) is 17.4. The van der Waals surface area contributed by atoms with Crippen molar-refractivity contribution >= 4 is 21.8 Å². The zero-order valence-corrected chi connectivity index (χ0v) is 18.7. The van der Waals surface area contributed by atoms with Gasteiger partial charge in [-0.15, -0.1) is 0 Å². The molecule has 0 unspecified atom stereocenters. The molecule has 5 aromatic carbocycles. The summed E-state index contributed by atoms with van der Waals surface area (Å²) >= 11 is 0. The third-order valence-electron chi connectivity index (χ3n) is 8.40. The first-order valence-electron chi connectivity index (χ1n) is 12.3. The van der Waals surface area contributed by atoms with Crippen LogP contribution in [0.4, 0.5) is 0 Å². The van der Waals surface area contributed by atoms with E-state index in [2.05, 4.69) is 95.6 Å². The van der Waals surface area contributed by atoms with Crippen molar-refractivity contribution in [1.82, 2.24) is 4.57 Å². The molecule has 0 saturated carbocycles. The quantitative estimate of drug-likeness (QED) is 0.231. The van der Waals surface area contributed by atoms with Gasteiger partial charge in [0.1, 0.15) is 0 Å². The Bertz CT molecular complexity index is 1880. The molecule has 1 heteroatoms. The highest BCUT2D eigenvalue weighted by atomic mass is 15.0. The number of hydrogen-bond donors (Lipinski definition) is 0. The number of nitrogens with zero attached hydrogens (tertiary/aromatic N) is 1. The van der Waals surface area contributed by atoms with Gasteiger partial charge in [-0.05, 0) is 86.7 Å². The van der Waals surface area contributed by atoms with Gasteiger partial charge < -0.3 is 4.57 Å². The van der Waals surface area contributed by atoms with Crippen LogP contribution in [0.25, 0.3) is 49.7 Å². The lowest BCUT2D eigenvalue weighted by atomic mass is 9.93. The van der Waals surface area contributed by atoms with Gasteiger partial charge in [-0.3, -0.25) is 0 Å². The molecule has 2 aliphatic carbocycles. The molecule has 34 heavy (non-hydrogen) atoms. The van der Waals surface area contributed by atoms with Crippen LogP contribution in [0.1, 0.15) is 33.4 Å². The average molecular weight is 432 g/mol. The highest BCUT2D eigenvalue weighted by molar-refractivity contribution is 6.13. The minimum absolute atomic E-state index is 1.01. The molecule has 0 bridgehead atoms. The van der Waals surface area contributed by atoms with E-state index >= 15 is 0 Å². The molecule has 0 N–H and O–H groups in total. The average Bonchev–Trinajstić information content (AvgIpc) is 3.52. The summed E-state index contributed by atoms with van der Waals surface area (Å²) in [6.07, 6.45) is 3.09. The van der Waals surface area contributed by atoms with Crippen LogP contribution in [-0.2, 0) is 19.3 Å². The third-order valence-corrected chi connectivity index (χ3v) is 8.40. The Kier molecular flexibility index (Phi) is 3.00. The van der Waals surface area contributed by atoms with E-state index in [1.165, 1.54) is 83.1 Å². The number of aromatic nitrogens is 1. The van der Waals surface area contributed by atoms with Crippen molar-refractivity contribution in [3.05, 3.63) is 124 Å². The van der Waals surface area contributed by atoms with Crippen LogP contribution in [0.15, 0.2) is 91.0 Å². The fraction of sp³-hybridized carbons (Fsp3) is 0.0909. The summed E-state index contributed by atoms with van der Waals surface area (Å²) in [7, 11) is 0. The molecule has 9 rings (SSSR count). The van der Waals surface area contributed by atoms with Crippen molar-refractivity contribution in [2.24, 2.45) is 0 Å². The second-order valence-electron chi connectivity index (χ2n) is 10.2. The van der Waals surface area contributed by atoms with Gasteiger partial charge in [0.05, 0.1) is 16.7 Å². The Morgan fingerprint density at radius 1 is 0.441 bits per heavy atom. The standard InChI is InChI=1S/C33H21N/c1-3-9-25-20(7-1)13-23-16-32-30(17-28(23)25)27-11-5-8-21-14-24-15-22-12-19-6-2-4-10-26(19)29(22)18-31(24)34(32)33(21)27/h1-11,15-18H,12-14H2. The summed E-state index contributed by atoms with van der Waals surface area (Å²) in [5.41, 5.74) is 18.5. The number of hydrogen-bond acceptors (Lipinski definition) is 0. The molecular formula is C33H21N. The molecular weight excluding hydrogens is 410 g/mol. The van der Waals surface area contributed by atoms with E-state index in [1.54, 1.807) is 0 Å². The minimum Gasteiger partial charge on any atom is -0.309 e. The number of fused-ring (bicyclic) bond motifs is 11. The summed E-state index contributed by atoms with van der Waals surface area (Å²) in [6.45, 7) is 0. The first-order chi connectivity index (χ1) is 16.8. The van der Waals surface area contributed by atoms with Gasteiger partial charge in [-0.2, -0.15) is 0 Å². The lowest BCUT2D eigenvalue weighted by molar-refractivity contribution is 1.04. The van der Waals surface area contributed by atoms with Crippen LogP contribution in [0.5, 0.6) is 0 Å². The van der Waals surface area contributed by atoms with Crippen molar-refractivity contribution < 1.29 is 0 Å². The zero-order chi connectivity index (χ0) is 22.0. The highest BCUT2D eigenvalue weighted by Crippen LogP contribution is 2.47. The van der Waals surface area contributed by atoms with Gasteiger partial charge in [-0.1, -0.05) is 72.8 Å². The second-order valence-corrected chi connectivity index (χ2v) is 10.2. The predicted octanol–water partition coefficient (Wildman–Crippen LogP) is 7.83. The van der Waals surface area contributed by atoms with Gasteiger partial charge in [-0.25, -0.2) is 0 Å². The van der Waals surface area contributed by atoms with Crippen LogP contribution < -0.4 is 0 Å². The van der Waals surface area contributed by atoms with Crippen molar-refractivity contribution in [2.45, 2.75) is 19.3 Å². The van der Waals surface area contributed by atoms with E-state index < -0.39 is 0 Å². The summed E-state index contributed by atoms with van der Waals surface area (Å²) in [6, 6.07) is 34.6. The van der Waals surface area contributed by atoms with Gasteiger partial charge in [0.25, 0.3) is 0 Å². The van der Waals surface area contributed by atoms with Crippen molar-refractivity contribution in [3.8, 4) is 27.9 Å². The van der Waals surface area contributed by atoms with E-state index in [0.29, 0.717) is 0 Å². The van der Waals surface area contributed by atoms with Gasteiger partial charge in [0.2, 0.25) is 0 Å². The van der Waals surface area contributed by atoms with E-state index in [0.717, 1.165) is 19.3 Å². The maximum Gasteiger partial charge on any atom is 0.0576 e. The van der Waals surface area contributed by atoms with Gasteiger partial charge in [0, 0.05) is 17.2 Å². The maximum atomic E-state index is 2.57. The molecule has 1 nitrogen and oxygen atoms in total. The highest BCUT2D eigenvalue weighted by Gasteiger charge is 2.28. The molecule has 0 spiro atoms. The molecule has 0 fully saturated rings. The first-order valence-corrected chi connectivity index (χ1v) is 12.3. The van der Waals surface area contributed by atoms with E-state index in [1.807, 2.05) is 0 Å². The maximum absolute atomic E-state index is 2.57. The predicted molar refractivity (Wildman–Crippen MR) is 140 cm³/mol. The molecule has 6 aromatic rings. The van der Waals surface area contributed by atoms with Crippen LogP contribution in [0, 0.1) is 0 Å². The van der Waals surface area contributed by atoms with Crippen molar-refractivity contribution in [3.63, 3.8) is 0 Å². The Labute approximate surface area is 197 Å². The smallest absolute Gasteiger partial charge is 0.0576 e. The molecule has 0 amide bonds. The SMILES string of the molecule is c1ccc2c(c1)Cc1cc3c(cc1-2)-n1c2cc4c(cc2c2cccc(c21)C3)-c1ccccc1C4. The Morgan fingerprint density at radius 2 is 1.09 bits per heavy atom. The summed E-state index contributed by atoms with van der Waals surface area (Å²) in [5.74, 6) is 0. The van der Waals surface area contributed by atoms with Crippen molar-refractivity contribution in [1.29, 1.82) is 0 Å². The zero-order valence-electron chi connectivity index (χ0n) is 18.7. The molecule has 2 heterocycles. The molecule has 1 aliphatic heterocycles. The van der Waals surface area contributed by atoms with Gasteiger partial charge in [0.15, 0.2) is 0 Å². The van der Waals surface area contributed by atoms with Crippen molar-refractivity contribution in [2.75, 3.05) is 0 Å². The van der Waals surface area contributed by atoms with Crippen LogP contribution in [0.2, 0.25) is 0 Å². The monoisotopic (exact) mass is 431 g/mol. The number of para-hydroxylation sites is 1. The minimum atomic E-state index is 1.01. The molecule has 0 radical (unpaired) electrons. The summed E-state index contributed by atoms with van der Waals surface area (Å²) < 4.78 is 2.57. The van der Waals surface area contributed by atoms with Crippen LogP contribution in [-0.4, -0.2) is 4.57 Å². The Hall–Kier alpha value is -4.10. The largest absolute Gasteiger partial charge is 0.309 e. The molecule has 1 aromatic heterocycles. The Morgan fingerprint density at radius 3 is 1.88 bits per heavy atom. The van der Waals surface area contributed by atoms with E-state index in [-0.39, 0.29) is 0 Å². The van der Waals surface area contributed by atoms with Crippen LogP contribution in [0.3, 0.4) is 0 Å². The second kappa shape index (κ2) is 5.87. The summed E-state index contributed by atoms with van der Waals surface area (Å²) in [5, 5.41) is 2.76. The molecule has 0 atom stereocenters. The van der Waals surface area contributed by atoms with E-state index in [4.69, 9.17) is 0 Å². The molecule has 3 aliphatic rings. The topological polar surface area (TPSA) is 4.93 Å². The number of benzene rings is 5.